The minimum absolute atomic E-state index is 0.0241. The molecule has 1 aliphatic heterocycles. The van der Waals surface area contributed by atoms with Gasteiger partial charge in [0, 0.05) is 41.9 Å². The molecule has 200 valence electrons. The monoisotopic (exact) mass is 537 g/mol. The van der Waals surface area contributed by atoms with E-state index in [0.29, 0.717) is 18.1 Å². The minimum atomic E-state index is -0.131. The number of hydrogen-bond acceptors (Lipinski definition) is 3. The first-order valence-electron chi connectivity index (χ1n) is 13.5. The van der Waals surface area contributed by atoms with Crippen molar-refractivity contribution < 1.29 is 4.79 Å². The van der Waals surface area contributed by atoms with Gasteiger partial charge in [0.15, 0.2) is 5.11 Å². The maximum absolute atomic E-state index is 13.1. The van der Waals surface area contributed by atoms with Gasteiger partial charge in [0.2, 0.25) is 5.91 Å². The van der Waals surface area contributed by atoms with Gasteiger partial charge in [0.25, 0.3) is 0 Å². The molecule has 1 fully saturated rings. The number of amides is 1. The summed E-state index contributed by atoms with van der Waals surface area (Å²) >= 11 is 5.86. The summed E-state index contributed by atoms with van der Waals surface area (Å²) in [6.07, 6.45) is 3.00. The van der Waals surface area contributed by atoms with E-state index in [0.717, 1.165) is 40.4 Å². The maximum Gasteiger partial charge on any atom is 0.226 e. The predicted molar refractivity (Wildman–Crippen MR) is 161 cm³/mol. The fraction of sp³-hybridized carbons (Fsp3) is 0.281. The van der Waals surface area contributed by atoms with Gasteiger partial charge >= 0.3 is 0 Å². The van der Waals surface area contributed by atoms with Crippen molar-refractivity contribution in [3.05, 3.63) is 113 Å². The largest absolute Gasteiger partial charge is 0.352 e. The third kappa shape index (κ3) is 5.45. The smallest absolute Gasteiger partial charge is 0.226 e. The molecule has 1 saturated heterocycles. The number of aryl methyl sites for hydroxylation is 3. The van der Waals surface area contributed by atoms with Gasteiger partial charge in [-0.15, -0.1) is 0 Å². The number of carbonyl (C=O) groups excluding carboxylic acids is 1. The molecule has 0 saturated carbocycles. The Morgan fingerprint density at radius 2 is 1.82 bits per heavy atom. The molecule has 5 rings (SSSR count). The zero-order valence-corrected chi connectivity index (χ0v) is 23.8. The van der Waals surface area contributed by atoms with E-state index in [4.69, 9.17) is 12.2 Å². The van der Waals surface area contributed by atoms with Crippen molar-refractivity contribution in [3.8, 4) is 5.69 Å². The second-order valence-electron chi connectivity index (χ2n) is 10.1. The minimum Gasteiger partial charge on any atom is -0.352 e. The van der Waals surface area contributed by atoms with Crippen LogP contribution >= 0.6 is 12.2 Å². The van der Waals surface area contributed by atoms with Gasteiger partial charge in [-0.1, -0.05) is 43.3 Å². The first-order valence-corrected chi connectivity index (χ1v) is 13.9. The predicted octanol–water partition coefficient (Wildman–Crippen LogP) is 6.36. The van der Waals surface area contributed by atoms with Crippen molar-refractivity contribution in [1.82, 2.24) is 19.8 Å². The lowest BCUT2D eigenvalue weighted by Crippen LogP contribution is -2.33. The van der Waals surface area contributed by atoms with Crippen LogP contribution in [0.1, 0.15) is 59.2 Å². The van der Waals surface area contributed by atoms with Gasteiger partial charge in [-0.3, -0.25) is 9.78 Å². The van der Waals surface area contributed by atoms with E-state index in [9.17, 15) is 4.79 Å². The Kier molecular flexibility index (Phi) is 7.79. The topological polar surface area (TPSA) is 62.2 Å². The Labute approximate surface area is 236 Å². The molecule has 0 unspecified atom stereocenters. The van der Waals surface area contributed by atoms with E-state index < -0.39 is 0 Å². The summed E-state index contributed by atoms with van der Waals surface area (Å²) < 4.78 is 2.30. The number of nitrogens with one attached hydrogen (secondary N) is 2. The molecule has 1 amide bonds. The fourth-order valence-corrected chi connectivity index (χ4v) is 5.95. The van der Waals surface area contributed by atoms with Crippen molar-refractivity contribution in [1.29, 1.82) is 0 Å². The summed E-state index contributed by atoms with van der Waals surface area (Å²) in [5.74, 6) is -0.0241. The number of rotatable bonds is 8. The van der Waals surface area contributed by atoms with E-state index in [1.54, 1.807) is 0 Å². The van der Waals surface area contributed by atoms with Crippen LogP contribution in [-0.2, 0) is 11.2 Å². The highest BCUT2D eigenvalue weighted by molar-refractivity contribution is 7.80. The molecule has 2 aromatic carbocycles. The van der Waals surface area contributed by atoms with Crippen LogP contribution in [0, 0.1) is 20.8 Å². The number of pyridine rings is 1. The summed E-state index contributed by atoms with van der Waals surface area (Å²) in [7, 11) is 0. The number of anilines is 1. The van der Waals surface area contributed by atoms with Gasteiger partial charge < -0.3 is 20.1 Å². The zero-order valence-electron chi connectivity index (χ0n) is 22.9. The SMILES string of the molecule is CCc1ccccc1NC(=O)CCN1C(=S)N[C@@H](c2ccccn2)[C@H]1c1cc(C)n(-c2cccc(C)c2)c1C. The van der Waals surface area contributed by atoms with Gasteiger partial charge in [0.05, 0.1) is 17.8 Å². The van der Waals surface area contributed by atoms with Crippen LogP contribution in [0.25, 0.3) is 5.69 Å². The number of benzene rings is 2. The third-order valence-electron chi connectivity index (χ3n) is 7.50. The second kappa shape index (κ2) is 11.4. The average molecular weight is 538 g/mol. The Bertz CT molecular complexity index is 1500. The first-order chi connectivity index (χ1) is 18.9. The summed E-state index contributed by atoms with van der Waals surface area (Å²) in [5.41, 5.74) is 8.76. The Hall–Kier alpha value is -3.97. The van der Waals surface area contributed by atoms with Gasteiger partial charge in [-0.05, 0) is 92.5 Å². The Morgan fingerprint density at radius 3 is 2.56 bits per heavy atom. The number of thiocarbonyl (C=S) groups is 1. The van der Waals surface area contributed by atoms with Crippen LogP contribution in [0.2, 0.25) is 0 Å². The summed E-state index contributed by atoms with van der Waals surface area (Å²) in [6, 6.07) is 24.5. The normalized spacial score (nSPS) is 16.8. The standard InChI is InChI=1S/C32H35N5OS/c1-5-24-12-6-7-14-27(24)34-29(38)16-18-36-31(30(35-32(36)39)28-15-8-9-17-33-28)26-20-22(3)37(23(26)4)25-13-10-11-21(2)19-25/h6-15,17,19-20,30-31H,5,16,18H2,1-4H3,(H,34,38)(H,35,39)/t30-,31+/m0/s1. The number of nitrogens with zero attached hydrogens (tertiary/aromatic N) is 3. The molecule has 2 atom stereocenters. The van der Waals surface area contributed by atoms with E-state index in [1.807, 2.05) is 48.7 Å². The van der Waals surface area contributed by atoms with Crippen molar-refractivity contribution in [2.24, 2.45) is 0 Å². The van der Waals surface area contributed by atoms with Crippen LogP contribution in [-0.4, -0.2) is 32.0 Å². The molecule has 39 heavy (non-hydrogen) atoms. The Balaban J connectivity index is 1.47. The van der Waals surface area contributed by atoms with Crippen molar-refractivity contribution in [2.75, 3.05) is 11.9 Å². The van der Waals surface area contributed by atoms with Gasteiger partial charge in [-0.2, -0.15) is 0 Å². The first kappa shape index (κ1) is 26.6. The lowest BCUT2D eigenvalue weighted by atomic mass is 9.96. The molecule has 0 aliphatic carbocycles. The summed E-state index contributed by atoms with van der Waals surface area (Å²) in [6.45, 7) is 9.00. The average Bonchev–Trinajstić information content (AvgIpc) is 3.42. The van der Waals surface area contributed by atoms with E-state index in [1.165, 1.54) is 11.1 Å². The molecule has 2 aromatic heterocycles. The number of para-hydroxylation sites is 1. The van der Waals surface area contributed by atoms with E-state index in [-0.39, 0.29) is 18.0 Å². The van der Waals surface area contributed by atoms with Crippen LogP contribution in [0.5, 0.6) is 0 Å². The quantitative estimate of drug-likeness (QED) is 0.256. The molecule has 7 heteroatoms. The molecular formula is C32H35N5OS. The molecule has 0 bridgehead atoms. The molecule has 6 nitrogen and oxygen atoms in total. The summed E-state index contributed by atoms with van der Waals surface area (Å²) in [5, 5.41) is 7.26. The molecule has 1 aliphatic rings. The second-order valence-corrected chi connectivity index (χ2v) is 10.5. The van der Waals surface area contributed by atoms with Crippen LogP contribution in [0.3, 0.4) is 0 Å². The molecule has 3 heterocycles. The lowest BCUT2D eigenvalue weighted by Gasteiger charge is -2.28. The zero-order chi connectivity index (χ0) is 27.5. The highest BCUT2D eigenvalue weighted by atomic mass is 32.1. The van der Waals surface area contributed by atoms with Crippen molar-refractivity contribution >= 4 is 28.9 Å². The van der Waals surface area contributed by atoms with Crippen molar-refractivity contribution in [2.45, 2.75) is 52.6 Å². The van der Waals surface area contributed by atoms with Crippen LogP contribution < -0.4 is 10.6 Å². The van der Waals surface area contributed by atoms with Crippen LogP contribution in [0.15, 0.2) is 79.0 Å². The molecule has 0 radical (unpaired) electrons. The highest BCUT2D eigenvalue weighted by Gasteiger charge is 2.41. The van der Waals surface area contributed by atoms with E-state index >= 15 is 0 Å². The fourth-order valence-electron chi connectivity index (χ4n) is 5.62. The van der Waals surface area contributed by atoms with Crippen molar-refractivity contribution in [3.63, 3.8) is 0 Å². The highest BCUT2D eigenvalue weighted by Crippen LogP contribution is 2.41. The maximum atomic E-state index is 13.1. The molecule has 0 spiro atoms. The van der Waals surface area contributed by atoms with Gasteiger partial charge in [0.1, 0.15) is 0 Å². The molecule has 4 aromatic rings. The number of carbonyl (C=O) groups is 1. The Morgan fingerprint density at radius 1 is 1.03 bits per heavy atom. The third-order valence-corrected chi connectivity index (χ3v) is 7.85. The summed E-state index contributed by atoms with van der Waals surface area (Å²) in [4.78, 5) is 19.9. The lowest BCUT2D eigenvalue weighted by molar-refractivity contribution is -0.116. The van der Waals surface area contributed by atoms with E-state index in [2.05, 4.69) is 83.1 Å². The van der Waals surface area contributed by atoms with Crippen LogP contribution in [0.4, 0.5) is 5.69 Å². The number of aromatic nitrogens is 2. The van der Waals surface area contributed by atoms with Gasteiger partial charge in [-0.25, -0.2) is 0 Å². The molecule has 2 N–H and O–H groups in total. The molecular weight excluding hydrogens is 502 g/mol. The number of hydrogen-bond donors (Lipinski definition) is 2.